The van der Waals surface area contributed by atoms with E-state index >= 15 is 0 Å². The van der Waals surface area contributed by atoms with Crippen molar-refractivity contribution in [1.82, 2.24) is 0 Å². The molecule has 0 spiro atoms. The molecule has 13 heavy (non-hydrogen) atoms. The molecule has 0 unspecified atom stereocenters. The normalized spacial score (nSPS) is 11.5. The Morgan fingerprint density at radius 3 is 2.46 bits per heavy atom. The minimum Gasteiger partial charge on any atom is -0.224 e. The molecule has 0 aliphatic rings. The average Bonchev–Trinajstić information content (AvgIpc) is 2.04. The lowest BCUT2D eigenvalue weighted by atomic mass is 10.2. The molecule has 0 N–H and O–H groups in total. The number of sulfone groups is 1. The first-order valence-corrected chi connectivity index (χ1v) is 6.91. The predicted molar refractivity (Wildman–Crippen MR) is 57.0 cm³/mol. The molecule has 0 aliphatic heterocycles. The summed E-state index contributed by atoms with van der Waals surface area (Å²) in [5.74, 6) is 0. The Morgan fingerprint density at radius 1 is 1.31 bits per heavy atom. The number of alkyl halides is 1. The van der Waals surface area contributed by atoms with Gasteiger partial charge in [0.15, 0.2) is 9.84 Å². The van der Waals surface area contributed by atoms with Gasteiger partial charge in [-0.25, -0.2) is 8.42 Å². The molecule has 0 saturated heterocycles. The van der Waals surface area contributed by atoms with Gasteiger partial charge in [-0.05, 0) is 18.1 Å². The van der Waals surface area contributed by atoms with Crippen LogP contribution in [0.1, 0.15) is 5.56 Å². The van der Waals surface area contributed by atoms with E-state index in [-0.39, 0.29) is 0 Å². The number of aryl methyl sites for hydroxylation is 1. The van der Waals surface area contributed by atoms with E-state index < -0.39 is 9.84 Å². The summed E-state index contributed by atoms with van der Waals surface area (Å²) in [6, 6.07) is 7.09. The van der Waals surface area contributed by atoms with Gasteiger partial charge < -0.3 is 0 Å². The molecule has 0 radical (unpaired) electrons. The smallest absolute Gasteiger partial charge is 0.175 e. The van der Waals surface area contributed by atoms with Crippen molar-refractivity contribution in [2.45, 2.75) is 11.3 Å². The number of rotatable bonds is 3. The minimum absolute atomic E-state index is 0.439. The molecular weight excluding hydrogens is 252 g/mol. The van der Waals surface area contributed by atoms with Gasteiger partial charge in [0.1, 0.15) is 0 Å². The van der Waals surface area contributed by atoms with E-state index in [1.807, 2.05) is 12.1 Å². The molecule has 0 fully saturated rings. The lowest BCUT2D eigenvalue weighted by molar-refractivity contribution is 0.601. The molecule has 0 atom stereocenters. The Kier molecular flexibility index (Phi) is 3.50. The second kappa shape index (κ2) is 4.24. The summed E-state index contributed by atoms with van der Waals surface area (Å²) < 4.78 is 22.6. The Bertz CT molecular complexity index is 384. The Balaban J connectivity index is 3.20. The van der Waals surface area contributed by atoms with Gasteiger partial charge >= 0.3 is 0 Å². The van der Waals surface area contributed by atoms with Gasteiger partial charge in [0, 0.05) is 11.6 Å². The first-order valence-electron chi connectivity index (χ1n) is 3.89. The summed E-state index contributed by atoms with van der Waals surface area (Å²) >= 11 is 3.29. The molecule has 4 heteroatoms. The zero-order valence-electron chi connectivity index (χ0n) is 7.33. The van der Waals surface area contributed by atoms with Crippen molar-refractivity contribution in [2.75, 3.05) is 11.6 Å². The molecule has 1 aromatic carbocycles. The van der Waals surface area contributed by atoms with Crippen LogP contribution in [0.2, 0.25) is 0 Å². The molecule has 0 saturated carbocycles. The Hall–Kier alpha value is -0.350. The third-order valence-electron chi connectivity index (χ3n) is 1.74. The van der Waals surface area contributed by atoms with Gasteiger partial charge in [-0.2, -0.15) is 0 Å². The highest BCUT2D eigenvalue weighted by molar-refractivity contribution is 9.09. The summed E-state index contributed by atoms with van der Waals surface area (Å²) in [5, 5.41) is 0.777. The SMILES string of the molecule is CS(=O)(=O)c1ccccc1CCBr. The van der Waals surface area contributed by atoms with E-state index in [1.165, 1.54) is 6.26 Å². The van der Waals surface area contributed by atoms with Crippen molar-refractivity contribution < 1.29 is 8.42 Å². The van der Waals surface area contributed by atoms with Crippen LogP contribution in [0.4, 0.5) is 0 Å². The summed E-state index contributed by atoms with van der Waals surface area (Å²) in [4.78, 5) is 0.439. The Labute approximate surface area is 87.0 Å². The van der Waals surface area contributed by atoms with E-state index in [1.54, 1.807) is 12.1 Å². The Morgan fingerprint density at radius 2 is 1.92 bits per heavy atom. The first kappa shape index (κ1) is 10.7. The quantitative estimate of drug-likeness (QED) is 0.782. The van der Waals surface area contributed by atoms with Gasteiger partial charge in [-0.15, -0.1) is 0 Å². The van der Waals surface area contributed by atoms with Crippen LogP contribution in [0.25, 0.3) is 0 Å². The molecule has 1 aromatic rings. The second-order valence-corrected chi connectivity index (χ2v) is 5.60. The lowest BCUT2D eigenvalue weighted by Crippen LogP contribution is -2.02. The van der Waals surface area contributed by atoms with Gasteiger partial charge in [-0.3, -0.25) is 0 Å². The highest BCUT2D eigenvalue weighted by Crippen LogP contribution is 2.16. The number of hydrogen-bond acceptors (Lipinski definition) is 2. The van der Waals surface area contributed by atoms with Crippen LogP contribution in [0.5, 0.6) is 0 Å². The maximum Gasteiger partial charge on any atom is 0.175 e. The maximum atomic E-state index is 11.3. The molecule has 0 heterocycles. The van der Waals surface area contributed by atoms with Gasteiger partial charge in [0.2, 0.25) is 0 Å². The summed E-state index contributed by atoms with van der Waals surface area (Å²) in [5.41, 5.74) is 0.877. The zero-order valence-corrected chi connectivity index (χ0v) is 9.73. The van der Waals surface area contributed by atoms with Crippen LogP contribution >= 0.6 is 15.9 Å². The standard InChI is InChI=1S/C9H11BrO2S/c1-13(11,12)9-5-3-2-4-8(9)6-7-10/h2-5H,6-7H2,1H3. The van der Waals surface area contributed by atoms with Crippen LogP contribution in [-0.4, -0.2) is 20.0 Å². The van der Waals surface area contributed by atoms with Crippen LogP contribution in [0.3, 0.4) is 0 Å². The van der Waals surface area contributed by atoms with Gasteiger partial charge in [0.25, 0.3) is 0 Å². The molecule has 0 aromatic heterocycles. The van der Waals surface area contributed by atoms with E-state index in [4.69, 9.17) is 0 Å². The third kappa shape index (κ3) is 2.81. The van der Waals surface area contributed by atoms with E-state index in [9.17, 15) is 8.42 Å². The van der Waals surface area contributed by atoms with E-state index in [0.717, 1.165) is 17.3 Å². The van der Waals surface area contributed by atoms with Crippen molar-refractivity contribution in [3.8, 4) is 0 Å². The van der Waals surface area contributed by atoms with Crippen molar-refractivity contribution in [2.24, 2.45) is 0 Å². The van der Waals surface area contributed by atoms with E-state index in [0.29, 0.717) is 4.90 Å². The fourth-order valence-electron chi connectivity index (χ4n) is 1.17. The first-order chi connectivity index (χ1) is 6.05. The maximum absolute atomic E-state index is 11.3. The largest absolute Gasteiger partial charge is 0.224 e. The van der Waals surface area contributed by atoms with Crippen molar-refractivity contribution >= 4 is 25.8 Å². The molecule has 2 nitrogen and oxygen atoms in total. The number of benzene rings is 1. The minimum atomic E-state index is -3.08. The number of halogens is 1. The molecule has 1 rings (SSSR count). The summed E-state index contributed by atoms with van der Waals surface area (Å²) in [6.07, 6.45) is 1.98. The fourth-order valence-corrected chi connectivity index (χ4v) is 2.57. The lowest BCUT2D eigenvalue weighted by Gasteiger charge is -2.04. The summed E-state index contributed by atoms with van der Waals surface area (Å²) in [6.45, 7) is 0. The topological polar surface area (TPSA) is 34.1 Å². The molecule has 72 valence electrons. The van der Waals surface area contributed by atoms with Crippen LogP contribution in [-0.2, 0) is 16.3 Å². The fraction of sp³-hybridized carbons (Fsp3) is 0.333. The van der Waals surface area contributed by atoms with Gasteiger partial charge in [-0.1, -0.05) is 34.1 Å². The highest BCUT2D eigenvalue weighted by atomic mass is 79.9. The zero-order chi connectivity index (χ0) is 9.90. The van der Waals surface area contributed by atoms with Gasteiger partial charge in [0.05, 0.1) is 4.90 Å². The molecule has 0 bridgehead atoms. The number of hydrogen-bond donors (Lipinski definition) is 0. The second-order valence-electron chi connectivity index (χ2n) is 2.82. The van der Waals surface area contributed by atoms with Crippen LogP contribution in [0.15, 0.2) is 29.2 Å². The van der Waals surface area contributed by atoms with Crippen LogP contribution in [0, 0.1) is 0 Å². The highest BCUT2D eigenvalue weighted by Gasteiger charge is 2.10. The van der Waals surface area contributed by atoms with Crippen LogP contribution < -0.4 is 0 Å². The average molecular weight is 263 g/mol. The van der Waals surface area contributed by atoms with Crippen molar-refractivity contribution in [1.29, 1.82) is 0 Å². The van der Waals surface area contributed by atoms with Crippen molar-refractivity contribution in [3.63, 3.8) is 0 Å². The van der Waals surface area contributed by atoms with Crippen molar-refractivity contribution in [3.05, 3.63) is 29.8 Å². The predicted octanol–water partition coefficient (Wildman–Crippen LogP) is 2.03. The molecular formula is C9H11BrO2S. The molecule has 0 amide bonds. The van der Waals surface area contributed by atoms with E-state index in [2.05, 4.69) is 15.9 Å². The monoisotopic (exact) mass is 262 g/mol. The third-order valence-corrected chi connectivity index (χ3v) is 3.33. The molecule has 0 aliphatic carbocycles. The summed E-state index contributed by atoms with van der Waals surface area (Å²) in [7, 11) is -3.08.